The minimum absolute atomic E-state index is 0.0804. The van der Waals surface area contributed by atoms with E-state index in [0.717, 1.165) is 13.0 Å². The van der Waals surface area contributed by atoms with Crippen LogP contribution in [0.3, 0.4) is 0 Å². The molecule has 13 heavy (non-hydrogen) atoms. The van der Waals surface area contributed by atoms with Crippen LogP contribution < -0.4 is 0 Å². The van der Waals surface area contributed by atoms with Gasteiger partial charge in [-0.15, -0.1) is 0 Å². The number of rotatable bonds is 0. The highest BCUT2D eigenvalue weighted by Crippen LogP contribution is 2.39. The van der Waals surface area contributed by atoms with E-state index in [0.29, 0.717) is 0 Å². The first-order chi connectivity index (χ1) is 6.23. The van der Waals surface area contributed by atoms with Crippen molar-refractivity contribution in [3.8, 4) is 0 Å². The van der Waals surface area contributed by atoms with Crippen LogP contribution >= 0.6 is 0 Å². The molecule has 1 aliphatic heterocycles. The molecule has 1 aliphatic carbocycles. The summed E-state index contributed by atoms with van der Waals surface area (Å²) in [5.41, 5.74) is 3.02. The van der Waals surface area contributed by atoms with Crippen LogP contribution in [0.1, 0.15) is 39.5 Å². The summed E-state index contributed by atoms with van der Waals surface area (Å²) in [7, 11) is 0. The van der Waals surface area contributed by atoms with Gasteiger partial charge >= 0.3 is 0 Å². The van der Waals surface area contributed by atoms with Crippen molar-refractivity contribution in [1.82, 2.24) is 0 Å². The molecule has 72 valence electrons. The molecular formula is C12H18O. The van der Waals surface area contributed by atoms with E-state index in [9.17, 15) is 0 Å². The van der Waals surface area contributed by atoms with Crippen molar-refractivity contribution < 1.29 is 4.74 Å². The van der Waals surface area contributed by atoms with E-state index in [1.807, 2.05) is 0 Å². The lowest BCUT2D eigenvalue weighted by molar-refractivity contribution is -0.0210. The molecule has 0 bridgehead atoms. The maximum absolute atomic E-state index is 5.94. The van der Waals surface area contributed by atoms with E-state index in [4.69, 9.17) is 4.74 Å². The quantitative estimate of drug-likeness (QED) is 0.517. The van der Waals surface area contributed by atoms with Crippen LogP contribution in [0, 0.1) is 0 Å². The summed E-state index contributed by atoms with van der Waals surface area (Å²) in [6.07, 6.45) is 9.38. The van der Waals surface area contributed by atoms with Crippen molar-refractivity contribution >= 4 is 0 Å². The maximum atomic E-state index is 5.94. The van der Waals surface area contributed by atoms with Gasteiger partial charge in [0.1, 0.15) is 0 Å². The van der Waals surface area contributed by atoms with E-state index in [1.165, 1.54) is 30.4 Å². The van der Waals surface area contributed by atoms with E-state index in [2.05, 4.69) is 26.0 Å². The topological polar surface area (TPSA) is 9.23 Å². The van der Waals surface area contributed by atoms with Gasteiger partial charge in [0.25, 0.3) is 0 Å². The standard InChI is InChI=1S/C12H18O/c1-10-6-8-13-12(9-10)7-4-3-5-11(12)2/h5-6H,3-4,7-9H2,1-2H3. The van der Waals surface area contributed by atoms with Crippen molar-refractivity contribution in [2.24, 2.45) is 0 Å². The van der Waals surface area contributed by atoms with E-state index < -0.39 is 0 Å². The first-order valence-corrected chi connectivity index (χ1v) is 5.20. The Hall–Kier alpha value is -0.560. The zero-order chi connectivity index (χ0) is 9.31. The van der Waals surface area contributed by atoms with Crippen molar-refractivity contribution in [3.05, 3.63) is 23.3 Å². The number of hydrogen-bond acceptors (Lipinski definition) is 1. The fraction of sp³-hybridized carbons (Fsp3) is 0.667. The zero-order valence-electron chi connectivity index (χ0n) is 8.60. The Balaban J connectivity index is 2.24. The van der Waals surface area contributed by atoms with Gasteiger partial charge in [0.05, 0.1) is 12.2 Å². The Bertz CT molecular complexity index is 262. The summed E-state index contributed by atoms with van der Waals surface area (Å²) in [5, 5.41) is 0. The molecule has 1 nitrogen and oxygen atoms in total. The lowest BCUT2D eigenvalue weighted by Gasteiger charge is -2.40. The van der Waals surface area contributed by atoms with Gasteiger partial charge in [0, 0.05) is 6.42 Å². The van der Waals surface area contributed by atoms with E-state index in [-0.39, 0.29) is 5.60 Å². The molecule has 0 amide bonds. The fourth-order valence-electron chi connectivity index (χ4n) is 2.42. The van der Waals surface area contributed by atoms with Gasteiger partial charge < -0.3 is 4.74 Å². The normalized spacial score (nSPS) is 34.3. The van der Waals surface area contributed by atoms with Crippen LogP contribution in [0.2, 0.25) is 0 Å². The largest absolute Gasteiger partial charge is 0.366 e. The van der Waals surface area contributed by atoms with Gasteiger partial charge in [-0.05, 0) is 38.7 Å². The second-order valence-electron chi connectivity index (χ2n) is 4.31. The fourth-order valence-corrected chi connectivity index (χ4v) is 2.42. The molecule has 1 heterocycles. The first-order valence-electron chi connectivity index (χ1n) is 5.20. The second kappa shape index (κ2) is 3.30. The summed E-state index contributed by atoms with van der Waals surface area (Å²) in [5.74, 6) is 0. The highest BCUT2D eigenvalue weighted by atomic mass is 16.5. The average molecular weight is 178 g/mol. The molecule has 0 radical (unpaired) electrons. The van der Waals surface area contributed by atoms with Crippen molar-refractivity contribution in [2.75, 3.05) is 6.61 Å². The lowest BCUT2D eigenvalue weighted by atomic mass is 9.78. The van der Waals surface area contributed by atoms with E-state index >= 15 is 0 Å². The first kappa shape index (κ1) is 9.01. The molecule has 1 atom stereocenters. The molecule has 0 saturated carbocycles. The minimum Gasteiger partial charge on any atom is -0.366 e. The molecule has 0 aromatic rings. The predicted octanol–water partition coefficient (Wildman–Crippen LogP) is 3.22. The molecule has 0 aromatic carbocycles. The number of hydrogen-bond donors (Lipinski definition) is 0. The van der Waals surface area contributed by atoms with Gasteiger partial charge in [0.2, 0.25) is 0 Å². The third-order valence-electron chi connectivity index (χ3n) is 3.31. The Labute approximate surface area is 80.5 Å². The van der Waals surface area contributed by atoms with Crippen molar-refractivity contribution in [2.45, 2.75) is 45.1 Å². The van der Waals surface area contributed by atoms with Crippen LogP contribution in [-0.2, 0) is 4.74 Å². The molecular weight excluding hydrogens is 160 g/mol. The highest BCUT2D eigenvalue weighted by Gasteiger charge is 2.35. The smallest absolute Gasteiger partial charge is 0.0930 e. The summed E-state index contributed by atoms with van der Waals surface area (Å²) in [6.45, 7) is 5.24. The maximum Gasteiger partial charge on any atom is 0.0930 e. The van der Waals surface area contributed by atoms with Crippen molar-refractivity contribution in [1.29, 1.82) is 0 Å². The van der Waals surface area contributed by atoms with Crippen molar-refractivity contribution in [3.63, 3.8) is 0 Å². The van der Waals surface area contributed by atoms with Crippen LogP contribution in [0.15, 0.2) is 23.3 Å². The highest BCUT2D eigenvalue weighted by molar-refractivity contribution is 5.24. The molecule has 0 fully saturated rings. The van der Waals surface area contributed by atoms with Crippen LogP contribution in [0.25, 0.3) is 0 Å². The predicted molar refractivity (Wildman–Crippen MR) is 54.7 cm³/mol. The van der Waals surface area contributed by atoms with Crippen LogP contribution in [0.4, 0.5) is 0 Å². The molecule has 2 aliphatic rings. The summed E-state index contributed by atoms with van der Waals surface area (Å²) < 4.78 is 5.94. The third-order valence-corrected chi connectivity index (χ3v) is 3.31. The summed E-state index contributed by atoms with van der Waals surface area (Å²) in [6, 6.07) is 0. The van der Waals surface area contributed by atoms with Crippen LogP contribution in [0.5, 0.6) is 0 Å². The second-order valence-corrected chi connectivity index (χ2v) is 4.31. The molecule has 1 heteroatoms. The Morgan fingerprint density at radius 2 is 2.15 bits per heavy atom. The molecule has 1 spiro atoms. The Kier molecular flexibility index (Phi) is 2.29. The molecule has 0 N–H and O–H groups in total. The SMILES string of the molecule is CC1=CCOC2(CCCC=C2C)C1. The minimum atomic E-state index is 0.0804. The third kappa shape index (κ3) is 1.58. The zero-order valence-corrected chi connectivity index (χ0v) is 8.60. The average Bonchev–Trinajstić information content (AvgIpc) is 2.11. The van der Waals surface area contributed by atoms with E-state index in [1.54, 1.807) is 0 Å². The molecule has 1 unspecified atom stereocenters. The van der Waals surface area contributed by atoms with Gasteiger partial charge in [-0.1, -0.05) is 17.7 Å². The monoisotopic (exact) mass is 178 g/mol. The Morgan fingerprint density at radius 1 is 1.31 bits per heavy atom. The lowest BCUT2D eigenvalue weighted by Crippen LogP contribution is -2.38. The van der Waals surface area contributed by atoms with Gasteiger partial charge in [0.15, 0.2) is 0 Å². The Morgan fingerprint density at radius 3 is 2.85 bits per heavy atom. The van der Waals surface area contributed by atoms with Gasteiger partial charge in [-0.2, -0.15) is 0 Å². The number of allylic oxidation sites excluding steroid dienone is 1. The summed E-state index contributed by atoms with van der Waals surface area (Å²) in [4.78, 5) is 0. The molecule has 2 rings (SSSR count). The number of ether oxygens (including phenoxy) is 1. The summed E-state index contributed by atoms with van der Waals surface area (Å²) >= 11 is 0. The van der Waals surface area contributed by atoms with Gasteiger partial charge in [-0.25, -0.2) is 0 Å². The molecule has 0 aromatic heterocycles. The van der Waals surface area contributed by atoms with Crippen LogP contribution in [-0.4, -0.2) is 12.2 Å². The van der Waals surface area contributed by atoms with Gasteiger partial charge in [-0.3, -0.25) is 0 Å². The molecule has 0 saturated heterocycles.